The van der Waals surface area contributed by atoms with Crippen molar-refractivity contribution in [1.82, 2.24) is 29.9 Å². The van der Waals surface area contributed by atoms with Gasteiger partial charge in [0.15, 0.2) is 5.65 Å². The van der Waals surface area contributed by atoms with E-state index in [4.69, 9.17) is 0 Å². The second-order valence-electron chi connectivity index (χ2n) is 7.64. The largest absolute Gasteiger partial charge is 0.416 e. The molecule has 32 heavy (non-hydrogen) atoms. The van der Waals surface area contributed by atoms with Gasteiger partial charge in [-0.15, -0.1) is 0 Å². The zero-order chi connectivity index (χ0) is 23.2. The second-order valence-corrected chi connectivity index (χ2v) is 7.64. The van der Waals surface area contributed by atoms with Crippen LogP contribution in [0.15, 0.2) is 42.7 Å². The number of aromatic nitrogens is 5. The number of hydrogen-bond donors (Lipinski definition) is 1. The minimum atomic E-state index is -4.44. The van der Waals surface area contributed by atoms with E-state index in [1.165, 1.54) is 16.9 Å². The van der Waals surface area contributed by atoms with E-state index in [9.17, 15) is 18.0 Å². The summed E-state index contributed by atoms with van der Waals surface area (Å²) in [6, 6.07) is 6.27. The van der Waals surface area contributed by atoms with E-state index in [2.05, 4.69) is 20.5 Å². The lowest BCUT2D eigenvalue weighted by Crippen LogP contribution is -2.27. The minimum absolute atomic E-state index is 0.295. The summed E-state index contributed by atoms with van der Waals surface area (Å²) in [5.41, 5.74) is 2.73. The number of nitrogens with one attached hydrogen (secondary N) is 1. The Morgan fingerprint density at radius 2 is 1.91 bits per heavy atom. The average Bonchev–Trinajstić information content (AvgIpc) is 3.26. The quantitative estimate of drug-likeness (QED) is 0.512. The SMILES string of the molecule is Cc1nn(C)c2ncc(C(=O)N[C@@H](C)c3cnn(-c4cccc(C(F)(F)F)c4)c3C)cc12. The van der Waals surface area contributed by atoms with Crippen molar-refractivity contribution in [2.45, 2.75) is 33.0 Å². The van der Waals surface area contributed by atoms with Crippen LogP contribution in [0.5, 0.6) is 0 Å². The Hall–Kier alpha value is -3.69. The summed E-state index contributed by atoms with van der Waals surface area (Å²) in [5, 5.41) is 12.2. The summed E-state index contributed by atoms with van der Waals surface area (Å²) in [6.07, 6.45) is -1.40. The molecule has 1 amide bonds. The molecule has 10 heteroatoms. The molecular weight excluding hydrogens is 421 g/mol. The number of aryl methyl sites for hydroxylation is 2. The minimum Gasteiger partial charge on any atom is -0.345 e. The fraction of sp³-hybridized carbons (Fsp3) is 0.273. The summed E-state index contributed by atoms with van der Waals surface area (Å²) in [4.78, 5) is 17.1. The van der Waals surface area contributed by atoms with Crippen LogP contribution in [0.4, 0.5) is 13.2 Å². The highest BCUT2D eigenvalue weighted by atomic mass is 19.4. The third-order valence-corrected chi connectivity index (χ3v) is 5.41. The van der Waals surface area contributed by atoms with Crippen LogP contribution < -0.4 is 5.32 Å². The molecule has 0 aliphatic heterocycles. The first-order valence-electron chi connectivity index (χ1n) is 9.88. The normalized spacial score (nSPS) is 12.8. The summed E-state index contributed by atoms with van der Waals surface area (Å²) < 4.78 is 42.3. The van der Waals surface area contributed by atoms with Crippen LogP contribution in [0.25, 0.3) is 16.7 Å². The molecule has 0 aliphatic carbocycles. The second kappa shape index (κ2) is 7.77. The maximum atomic E-state index is 13.1. The number of alkyl halides is 3. The van der Waals surface area contributed by atoms with Crippen molar-refractivity contribution < 1.29 is 18.0 Å². The van der Waals surface area contributed by atoms with Gasteiger partial charge in [-0.05, 0) is 45.0 Å². The Balaban J connectivity index is 1.57. The van der Waals surface area contributed by atoms with Crippen molar-refractivity contribution in [2.75, 3.05) is 0 Å². The monoisotopic (exact) mass is 442 g/mol. The van der Waals surface area contributed by atoms with Crippen LogP contribution in [0, 0.1) is 13.8 Å². The van der Waals surface area contributed by atoms with E-state index in [0.29, 0.717) is 28.2 Å². The smallest absolute Gasteiger partial charge is 0.345 e. The number of carbonyl (C=O) groups excluding carboxylic acids is 1. The van der Waals surface area contributed by atoms with Crippen molar-refractivity contribution in [3.63, 3.8) is 0 Å². The van der Waals surface area contributed by atoms with Crippen molar-refractivity contribution in [2.24, 2.45) is 7.05 Å². The van der Waals surface area contributed by atoms with Crippen molar-refractivity contribution in [3.05, 3.63) is 70.8 Å². The maximum Gasteiger partial charge on any atom is 0.416 e. The summed E-state index contributed by atoms with van der Waals surface area (Å²) in [5.74, 6) is -0.318. The van der Waals surface area contributed by atoms with Gasteiger partial charge in [-0.2, -0.15) is 23.4 Å². The number of nitrogens with zero attached hydrogens (tertiary/aromatic N) is 5. The zero-order valence-corrected chi connectivity index (χ0v) is 17.9. The Morgan fingerprint density at radius 1 is 1.16 bits per heavy atom. The molecule has 4 aromatic rings. The number of benzene rings is 1. The highest BCUT2D eigenvalue weighted by Crippen LogP contribution is 2.31. The van der Waals surface area contributed by atoms with E-state index in [-0.39, 0.29) is 5.91 Å². The van der Waals surface area contributed by atoms with Gasteiger partial charge in [0.05, 0.1) is 34.7 Å². The lowest BCUT2D eigenvalue weighted by Gasteiger charge is -2.15. The van der Waals surface area contributed by atoms with Gasteiger partial charge in [0.2, 0.25) is 0 Å². The number of rotatable bonds is 4. The third kappa shape index (κ3) is 3.83. The molecule has 7 nitrogen and oxygen atoms in total. The van der Waals surface area contributed by atoms with E-state index < -0.39 is 17.8 Å². The molecular formula is C22H21F3N6O. The van der Waals surface area contributed by atoms with Gasteiger partial charge in [-0.25, -0.2) is 9.67 Å². The van der Waals surface area contributed by atoms with Gasteiger partial charge in [-0.1, -0.05) is 6.07 Å². The molecule has 1 atom stereocenters. The molecule has 0 radical (unpaired) electrons. The topological polar surface area (TPSA) is 77.6 Å². The molecule has 4 rings (SSSR count). The molecule has 0 unspecified atom stereocenters. The third-order valence-electron chi connectivity index (χ3n) is 5.41. The first-order valence-corrected chi connectivity index (χ1v) is 9.88. The summed E-state index contributed by atoms with van der Waals surface area (Å²) in [6.45, 7) is 5.39. The number of halogens is 3. The maximum absolute atomic E-state index is 13.1. The fourth-order valence-electron chi connectivity index (χ4n) is 3.71. The molecule has 0 bridgehead atoms. The Morgan fingerprint density at radius 3 is 2.62 bits per heavy atom. The molecule has 3 aromatic heterocycles. The molecule has 1 N–H and O–H groups in total. The first kappa shape index (κ1) is 21.5. The van der Waals surface area contributed by atoms with Crippen LogP contribution in [0.3, 0.4) is 0 Å². The lowest BCUT2D eigenvalue weighted by atomic mass is 10.1. The molecule has 3 heterocycles. The van der Waals surface area contributed by atoms with Gasteiger partial charge < -0.3 is 5.32 Å². The van der Waals surface area contributed by atoms with Crippen LogP contribution in [0.2, 0.25) is 0 Å². The molecule has 0 spiro atoms. The fourth-order valence-corrected chi connectivity index (χ4v) is 3.71. The van der Waals surface area contributed by atoms with Gasteiger partial charge in [0.25, 0.3) is 5.91 Å². The Kier molecular flexibility index (Phi) is 5.23. The number of fused-ring (bicyclic) bond motifs is 1. The van der Waals surface area contributed by atoms with Crippen molar-refractivity contribution >= 4 is 16.9 Å². The van der Waals surface area contributed by atoms with Gasteiger partial charge >= 0.3 is 6.18 Å². The van der Waals surface area contributed by atoms with Crippen LogP contribution in [-0.4, -0.2) is 30.5 Å². The highest BCUT2D eigenvalue weighted by molar-refractivity contribution is 5.97. The molecule has 166 valence electrons. The number of pyridine rings is 1. The standard InChI is InChI=1S/C22H21F3N6O/c1-12(28-21(32)15-8-18-13(2)29-30(4)20(18)26-10-15)19-11-27-31(14(19)3)17-7-5-6-16(9-17)22(23,24)25/h5-12H,1-4H3,(H,28,32)/t12-/m0/s1. The Bertz CT molecular complexity index is 1320. The van der Waals surface area contributed by atoms with E-state index in [1.807, 2.05) is 6.92 Å². The van der Waals surface area contributed by atoms with E-state index >= 15 is 0 Å². The predicted octanol–water partition coefficient (Wildman–Crippen LogP) is 4.28. The van der Waals surface area contributed by atoms with Crippen LogP contribution >= 0.6 is 0 Å². The number of hydrogen-bond acceptors (Lipinski definition) is 4. The zero-order valence-electron chi connectivity index (χ0n) is 17.9. The van der Waals surface area contributed by atoms with E-state index in [1.54, 1.807) is 43.9 Å². The van der Waals surface area contributed by atoms with Gasteiger partial charge in [0.1, 0.15) is 0 Å². The molecule has 1 aromatic carbocycles. The van der Waals surface area contributed by atoms with Gasteiger partial charge in [-0.3, -0.25) is 9.48 Å². The highest BCUT2D eigenvalue weighted by Gasteiger charge is 2.30. The average molecular weight is 442 g/mol. The van der Waals surface area contributed by atoms with Gasteiger partial charge in [0, 0.05) is 29.9 Å². The van der Waals surface area contributed by atoms with Crippen LogP contribution in [0.1, 0.15) is 45.8 Å². The number of carbonyl (C=O) groups is 1. The molecule has 0 saturated heterocycles. The first-order chi connectivity index (χ1) is 15.1. The summed E-state index contributed by atoms with van der Waals surface area (Å²) in [7, 11) is 1.79. The van der Waals surface area contributed by atoms with E-state index in [0.717, 1.165) is 23.2 Å². The number of amides is 1. The lowest BCUT2D eigenvalue weighted by molar-refractivity contribution is -0.137. The molecule has 0 aliphatic rings. The van der Waals surface area contributed by atoms with Crippen molar-refractivity contribution in [1.29, 1.82) is 0 Å². The Labute approximate surface area is 181 Å². The van der Waals surface area contributed by atoms with Crippen molar-refractivity contribution in [3.8, 4) is 5.69 Å². The summed E-state index contributed by atoms with van der Waals surface area (Å²) >= 11 is 0. The predicted molar refractivity (Wildman–Crippen MR) is 112 cm³/mol. The van der Waals surface area contributed by atoms with Crippen LogP contribution in [-0.2, 0) is 13.2 Å². The molecule has 0 fully saturated rings. The molecule has 0 saturated carbocycles.